The summed E-state index contributed by atoms with van der Waals surface area (Å²) in [5, 5.41) is 3.40. The predicted molar refractivity (Wildman–Crippen MR) is 76.3 cm³/mol. The number of fused-ring (bicyclic) bond motifs is 1. The van der Waals surface area contributed by atoms with Gasteiger partial charge in [-0.2, -0.15) is 0 Å². The van der Waals surface area contributed by atoms with Gasteiger partial charge in [0.1, 0.15) is 0 Å². The van der Waals surface area contributed by atoms with Crippen LogP contribution >= 0.6 is 0 Å². The minimum absolute atomic E-state index is 0.195. The number of hydrogen-bond acceptors (Lipinski definition) is 3. The Labute approximate surface area is 114 Å². The molecule has 3 rings (SSSR count). The molecule has 19 heavy (non-hydrogen) atoms. The summed E-state index contributed by atoms with van der Waals surface area (Å²) in [7, 11) is 4.03. The van der Waals surface area contributed by atoms with E-state index in [1.165, 1.54) is 17.5 Å². The average Bonchev–Trinajstić information content (AvgIpc) is 2.99. The van der Waals surface area contributed by atoms with Gasteiger partial charge in [-0.05, 0) is 37.2 Å². The Morgan fingerprint density at radius 2 is 2.32 bits per heavy atom. The van der Waals surface area contributed by atoms with Crippen LogP contribution in [-0.2, 0) is 17.8 Å². The molecule has 0 spiro atoms. The van der Waals surface area contributed by atoms with Gasteiger partial charge in [-0.25, -0.2) is 0 Å². The Kier molecular flexibility index (Phi) is 3.29. The van der Waals surface area contributed by atoms with Crippen molar-refractivity contribution in [2.24, 2.45) is 0 Å². The van der Waals surface area contributed by atoms with Crippen LogP contribution in [0.1, 0.15) is 17.5 Å². The molecule has 4 nitrogen and oxygen atoms in total. The lowest BCUT2D eigenvalue weighted by Crippen LogP contribution is -2.32. The first-order valence-electron chi connectivity index (χ1n) is 6.94. The van der Waals surface area contributed by atoms with Crippen molar-refractivity contribution in [1.29, 1.82) is 0 Å². The Balaban J connectivity index is 1.73. The Bertz CT molecular complexity index is 494. The monoisotopic (exact) mass is 259 g/mol. The zero-order valence-corrected chi connectivity index (χ0v) is 11.6. The van der Waals surface area contributed by atoms with Crippen LogP contribution in [0.15, 0.2) is 18.2 Å². The van der Waals surface area contributed by atoms with Gasteiger partial charge in [0.2, 0.25) is 5.91 Å². The van der Waals surface area contributed by atoms with Crippen molar-refractivity contribution in [2.75, 3.05) is 32.1 Å². The molecule has 4 heteroatoms. The summed E-state index contributed by atoms with van der Waals surface area (Å²) >= 11 is 0. The SMILES string of the molecule is CN1C(=O)Cc2cc(CN(C)C3CCNC3)ccc21. The van der Waals surface area contributed by atoms with Crippen molar-refractivity contribution in [3.05, 3.63) is 29.3 Å². The molecule has 0 radical (unpaired) electrons. The molecule has 2 heterocycles. The molecule has 102 valence electrons. The summed E-state index contributed by atoms with van der Waals surface area (Å²) in [6, 6.07) is 7.05. The Hall–Kier alpha value is -1.39. The molecule has 1 saturated heterocycles. The zero-order valence-electron chi connectivity index (χ0n) is 11.6. The number of nitrogens with zero attached hydrogens (tertiary/aromatic N) is 2. The molecule has 0 aromatic heterocycles. The summed E-state index contributed by atoms with van der Waals surface area (Å²) in [5.74, 6) is 0.195. The van der Waals surface area contributed by atoms with Crippen molar-refractivity contribution in [3.8, 4) is 0 Å². The van der Waals surface area contributed by atoms with Crippen LogP contribution in [0.5, 0.6) is 0 Å². The van der Waals surface area contributed by atoms with E-state index >= 15 is 0 Å². The number of carbonyl (C=O) groups is 1. The van der Waals surface area contributed by atoms with Gasteiger partial charge in [0.05, 0.1) is 6.42 Å². The molecule has 0 aliphatic carbocycles. The molecule has 2 aliphatic rings. The van der Waals surface area contributed by atoms with Crippen LogP contribution in [0.2, 0.25) is 0 Å². The summed E-state index contributed by atoms with van der Waals surface area (Å²) in [6.07, 6.45) is 1.77. The van der Waals surface area contributed by atoms with E-state index < -0.39 is 0 Å². The standard InChI is InChI=1S/C15H21N3O/c1-17(13-5-6-16-9-13)10-11-3-4-14-12(7-11)8-15(19)18(14)2/h3-4,7,13,16H,5-6,8-10H2,1-2H3. The quantitative estimate of drug-likeness (QED) is 0.879. The number of amides is 1. The van der Waals surface area contributed by atoms with Crippen molar-refractivity contribution >= 4 is 11.6 Å². The minimum Gasteiger partial charge on any atom is -0.315 e. The van der Waals surface area contributed by atoms with Crippen LogP contribution in [0.25, 0.3) is 0 Å². The third-order valence-corrected chi connectivity index (χ3v) is 4.31. The van der Waals surface area contributed by atoms with Crippen molar-refractivity contribution in [2.45, 2.75) is 25.4 Å². The lowest BCUT2D eigenvalue weighted by atomic mass is 10.1. The van der Waals surface area contributed by atoms with Gasteiger partial charge in [-0.3, -0.25) is 9.69 Å². The largest absolute Gasteiger partial charge is 0.315 e. The lowest BCUT2D eigenvalue weighted by molar-refractivity contribution is -0.117. The normalized spacial score (nSPS) is 22.4. The maximum atomic E-state index is 11.7. The third-order valence-electron chi connectivity index (χ3n) is 4.31. The number of anilines is 1. The van der Waals surface area contributed by atoms with Crippen LogP contribution in [0.3, 0.4) is 0 Å². The van der Waals surface area contributed by atoms with E-state index in [1.54, 1.807) is 4.90 Å². The summed E-state index contributed by atoms with van der Waals surface area (Å²) < 4.78 is 0. The highest BCUT2D eigenvalue weighted by Gasteiger charge is 2.24. The van der Waals surface area contributed by atoms with Crippen LogP contribution in [-0.4, -0.2) is 44.0 Å². The lowest BCUT2D eigenvalue weighted by Gasteiger charge is -2.23. The molecule has 1 fully saturated rings. The molecule has 1 N–H and O–H groups in total. The number of benzene rings is 1. The van der Waals surface area contributed by atoms with E-state index in [-0.39, 0.29) is 5.91 Å². The summed E-state index contributed by atoms with van der Waals surface area (Å²) in [6.45, 7) is 3.17. The van der Waals surface area contributed by atoms with Gasteiger partial charge in [0, 0.05) is 31.9 Å². The minimum atomic E-state index is 0.195. The molecule has 2 aliphatic heterocycles. The topological polar surface area (TPSA) is 35.6 Å². The van der Waals surface area contributed by atoms with E-state index in [0.717, 1.165) is 25.3 Å². The van der Waals surface area contributed by atoms with Crippen LogP contribution < -0.4 is 10.2 Å². The second kappa shape index (κ2) is 4.94. The fourth-order valence-electron chi connectivity index (χ4n) is 3.05. The Morgan fingerprint density at radius 3 is 3.05 bits per heavy atom. The first-order chi connectivity index (χ1) is 9.15. The van der Waals surface area contributed by atoms with E-state index in [4.69, 9.17) is 0 Å². The van der Waals surface area contributed by atoms with E-state index in [1.807, 2.05) is 7.05 Å². The molecule has 1 aromatic rings. The molecule has 0 saturated carbocycles. The maximum Gasteiger partial charge on any atom is 0.231 e. The number of nitrogens with one attached hydrogen (secondary N) is 1. The molecule has 1 amide bonds. The number of likely N-dealkylation sites (N-methyl/N-ethyl adjacent to an activating group) is 2. The molecule has 0 bridgehead atoms. The first kappa shape index (κ1) is 12.6. The highest BCUT2D eigenvalue weighted by Crippen LogP contribution is 2.28. The van der Waals surface area contributed by atoms with E-state index in [2.05, 4.69) is 35.5 Å². The van der Waals surface area contributed by atoms with Gasteiger partial charge >= 0.3 is 0 Å². The molecule has 1 atom stereocenters. The average molecular weight is 259 g/mol. The van der Waals surface area contributed by atoms with Crippen molar-refractivity contribution < 1.29 is 4.79 Å². The molecule has 1 unspecified atom stereocenters. The number of rotatable bonds is 3. The zero-order chi connectivity index (χ0) is 13.4. The molecular weight excluding hydrogens is 238 g/mol. The molecular formula is C15H21N3O. The van der Waals surface area contributed by atoms with Gasteiger partial charge in [-0.15, -0.1) is 0 Å². The highest BCUT2D eigenvalue weighted by atomic mass is 16.2. The van der Waals surface area contributed by atoms with Gasteiger partial charge in [-0.1, -0.05) is 12.1 Å². The summed E-state index contributed by atoms with van der Waals surface area (Å²) in [5.41, 5.74) is 3.54. The second-order valence-electron chi connectivity index (χ2n) is 5.65. The van der Waals surface area contributed by atoms with Gasteiger partial charge < -0.3 is 10.2 Å². The highest BCUT2D eigenvalue weighted by molar-refractivity contribution is 6.00. The second-order valence-corrected chi connectivity index (χ2v) is 5.65. The summed E-state index contributed by atoms with van der Waals surface area (Å²) in [4.78, 5) is 15.8. The van der Waals surface area contributed by atoms with Gasteiger partial charge in [0.25, 0.3) is 0 Å². The third kappa shape index (κ3) is 2.38. The smallest absolute Gasteiger partial charge is 0.231 e. The molecule has 1 aromatic carbocycles. The fraction of sp³-hybridized carbons (Fsp3) is 0.533. The van der Waals surface area contributed by atoms with Crippen LogP contribution in [0, 0.1) is 0 Å². The van der Waals surface area contributed by atoms with E-state index in [9.17, 15) is 4.79 Å². The first-order valence-corrected chi connectivity index (χ1v) is 6.94. The Morgan fingerprint density at radius 1 is 1.47 bits per heavy atom. The number of carbonyl (C=O) groups excluding carboxylic acids is 1. The van der Waals surface area contributed by atoms with Gasteiger partial charge in [0.15, 0.2) is 0 Å². The van der Waals surface area contributed by atoms with Crippen molar-refractivity contribution in [1.82, 2.24) is 10.2 Å². The number of hydrogen-bond donors (Lipinski definition) is 1. The van der Waals surface area contributed by atoms with E-state index in [0.29, 0.717) is 12.5 Å². The van der Waals surface area contributed by atoms with Crippen LogP contribution in [0.4, 0.5) is 5.69 Å². The van der Waals surface area contributed by atoms with Crippen molar-refractivity contribution in [3.63, 3.8) is 0 Å². The predicted octanol–water partition coefficient (Wildman–Crippen LogP) is 0.999. The fourth-order valence-corrected chi connectivity index (χ4v) is 3.05. The maximum absolute atomic E-state index is 11.7.